The van der Waals surface area contributed by atoms with Crippen LogP contribution in [0.3, 0.4) is 0 Å². The van der Waals surface area contributed by atoms with Crippen LogP contribution < -0.4 is 11.1 Å². The van der Waals surface area contributed by atoms with E-state index in [0.29, 0.717) is 6.54 Å². The van der Waals surface area contributed by atoms with Gasteiger partial charge in [0.2, 0.25) is 11.8 Å². The number of nitrogens with one attached hydrogen (secondary N) is 1. The van der Waals surface area contributed by atoms with Crippen LogP contribution in [0.25, 0.3) is 10.6 Å². The lowest BCUT2D eigenvalue weighted by Gasteiger charge is -2.32. The van der Waals surface area contributed by atoms with E-state index in [0.717, 1.165) is 21.8 Å². The molecule has 0 spiro atoms. The predicted molar refractivity (Wildman–Crippen MR) is 118 cm³/mol. The van der Waals surface area contributed by atoms with Gasteiger partial charge >= 0.3 is 0 Å². The van der Waals surface area contributed by atoms with E-state index in [4.69, 9.17) is 5.73 Å². The number of aromatic nitrogens is 1. The van der Waals surface area contributed by atoms with Crippen molar-refractivity contribution in [1.82, 2.24) is 15.2 Å². The lowest BCUT2D eigenvalue weighted by molar-refractivity contribution is -0.149. The zero-order valence-corrected chi connectivity index (χ0v) is 18.7. The maximum absolute atomic E-state index is 13.1. The number of aryl methyl sites for hydroxylation is 1. The average molecular weight is 431 g/mol. The number of amides is 2. The molecule has 1 aliphatic rings. The summed E-state index contributed by atoms with van der Waals surface area (Å²) in [7, 11) is 0. The Morgan fingerprint density at radius 3 is 2.50 bits per heavy atom. The Morgan fingerprint density at radius 1 is 1.33 bits per heavy atom. The summed E-state index contributed by atoms with van der Waals surface area (Å²) in [5, 5.41) is 15.7. The first-order valence-corrected chi connectivity index (χ1v) is 11.0. The Morgan fingerprint density at radius 2 is 2.00 bits per heavy atom. The number of benzene rings is 1. The number of rotatable bonds is 5. The van der Waals surface area contributed by atoms with Crippen LogP contribution in [-0.4, -0.2) is 51.5 Å². The third-order valence-electron chi connectivity index (χ3n) is 5.30. The van der Waals surface area contributed by atoms with Crippen molar-refractivity contribution in [3.8, 4) is 10.6 Å². The van der Waals surface area contributed by atoms with E-state index in [2.05, 4.69) is 10.3 Å². The molecule has 0 aliphatic carbocycles. The van der Waals surface area contributed by atoms with Crippen molar-refractivity contribution in [2.24, 2.45) is 11.1 Å². The number of hydrogen-bond donors (Lipinski definition) is 3. The predicted octanol–water partition coefficient (Wildman–Crippen LogP) is 2.07. The summed E-state index contributed by atoms with van der Waals surface area (Å²) in [5.41, 5.74) is 8.51. The Hall–Kier alpha value is -2.13. The highest BCUT2D eigenvalue weighted by molar-refractivity contribution is 7.13. The third-order valence-corrected chi connectivity index (χ3v) is 6.31. The number of aliphatic hydroxyl groups is 1. The van der Waals surface area contributed by atoms with Gasteiger partial charge in [-0.05, 0) is 24.3 Å². The topological polar surface area (TPSA) is 109 Å². The Balaban J connectivity index is 1.82. The Kier molecular flexibility index (Phi) is 6.71. The Labute approximate surface area is 181 Å². The lowest BCUT2D eigenvalue weighted by atomic mass is 9.86. The van der Waals surface area contributed by atoms with Crippen LogP contribution in [0.2, 0.25) is 0 Å². The molecule has 162 valence electrons. The van der Waals surface area contributed by atoms with Gasteiger partial charge < -0.3 is 16.2 Å². The molecule has 1 aliphatic heterocycles. The molecule has 30 heavy (non-hydrogen) atoms. The van der Waals surface area contributed by atoms with Crippen LogP contribution in [0.5, 0.6) is 0 Å². The molecule has 8 heteroatoms. The van der Waals surface area contributed by atoms with Gasteiger partial charge in [0.1, 0.15) is 5.01 Å². The maximum atomic E-state index is 13.1. The molecule has 0 bridgehead atoms. The van der Waals surface area contributed by atoms with E-state index in [1.54, 1.807) is 11.3 Å². The molecule has 1 fully saturated rings. The standard InChI is InChI=1S/C22H30N4O3S/c1-13-12-30-19(25-13)15-7-5-14(6-8-15)11-26(21(29)18(23)22(2,3)4)20(28)17-9-16(27)10-24-17/h5-8,12,16-18,24,27H,9-11,23H2,1-4H3/t16-,17+,18-/m1/s1. The molecule has 3 rings (SSSR count). The summed E-state index contributed by atoms with van der Waals surface area (Å²) < 4.78 is 0. The molecule has 1 aromatic carbocycles. The summed E-state index contributed by atoms with van der Waals surface area (Å²) in [5.74, 6) is -0.758. The fourth-order valence-electron chi connectivity index (χ4n) is 3.32. The summed E-state index contributed by atoms with van der Waals surface area (Å²) in [6.45, 7) is 8.05. The molecular weight excluding hydrogens is 400 g/mol. The first-order valence-electron chi connectivity index (χ1n) is 10.1. The summed E-state index contributed by atoms with van der Waals surface area (Å²) in [6.07, 6.45) is -0.302. The van der Waals surface area contributed by atoms with Crippen molar-refractivity contribution in [1.29, 1.82) is 0 Å². The van der Waals surface area contributed by atoms with Crippen molar-refractivity contribution >= 4 is 23.2 Å². The zero-order chi connectivity index (χ0) is 22.1. The van der Waals surface area contributed by atoms with Gasteiger partial charge in [-0.2, -0.15) is 0 Å². The number of nitrogens with zero attached hydrogens (tertiary/aromatic N) is 2. The van der Waals surface area contributed by atoms with Crippen molar-refractivity contribution in [2.45, 2.75) is 58.8 Å². The fraction of sp³-hybridized carbons (Fsp3) is 0.500. The van der Waals surface area contributed by atoms with E-state index in [1.807, 2.05) is 57.3 Å². The number of nitrogens with two attached hydrogens (primary N) is 1. The fourth-order valence-corrected chi connectivity index (χ4v) is 4.12. The quantitative estimate of drug-likeness (QED) is 0.670. The van der Waals surface area contributed by atoms with Crippen LogP contribution in [0.1, 0.15) is 38.4 Å². The van der Waals surface area contributed by atoms with Crippen LogP contribution >= 0.6 is 11.3 Å². The van der Waals surface area contributed by atoms with Crippen molar-refractivity contribution < 1.29 is 14.7 Å². The van der Waals surface area contributed by atoms with Gasteiger partial charge in [-0.15, -0.1) is 11.3 Å². The van der Waals surface area contributed by atoms with Crippen molar-refractivity contribution in [2.75, 3.05) is 6.54 Å². The minimum atomic E-state index is -0.814. The number of carbonyl (C=O) groups is 2. The zero-order valence-electron chi connectivity index (χ0n) is 17.9. The van der Waals surface area contributed by atoms with E-state index >= 15 is 0 Å². The number of thiazole rings is 1. The highest BCUT2D eigenvalue weighted by atomic mass is 32.1. The van der Waals surface area contributed by atoms with E-state index in [-0.39, 0.29) is 18.9 Å². The summed E-state index contributed by atoms with van der Waals surface area (Å²) in [6, 6.07) is 6.29. The van der Waals surface area contributed by atoms with Crippen molar-refractivity contribution in [3.05, 3.63) is 40.9 Å². The maximum Gasteiger partial charge on any atom is 0.246 e. The first-order chi connectivity index (χ1) is 14.1. The highest BCUT2D eigenvalue weighted by Crippen LogP contribution is 2.25. The van der Waals surface area contributed by atoms with Gasteiger partial charge in [0, 0.05) is 23.2 Å². The second-order valence-electron chi connectivity index (χ2n) is 8.95. The average Bonchev–Trinajstić information content (AvgIpc) is 3.32. The Bertz CT molecular complexity index is 904. The number of imide groups is 1. The summed E-state index contributed by atoms with van der Waals surface area (Å²) >= 11 is 1.58. The van der Waals surface area contributed by atoms with E-state index < -0.39 is 29.5 Å². The lowest BCUT2D eigenvalue weighted by Crippen LogP contribution is -2.55. The molecule has 2 amide bonds. The number of aliphatic hydroxyl groups excluding tert-OH is 1. The first kappa shape index (κ1) is 22.6. The highest BCUT2D eigenvalue weighted by Gasteiger charge is 2.38. The summed E-state index contributed by atoms with van der Waals surface area (Å²) in [4.78, 5) is 32.0. The third kappa shape index (κ3) is 5.13. The molecule has 7 nitrogen and oxygen atoms in total. The SMILES string of the molecule is Cc1csc(-c2ccc(CN(C(=O)[C@@H]3C[C@@H](O)CN3)C(=O)[C@@H](N)C(C)(C)C)cc2)n1. The molecule has 1 aromatic heterocycles. The van der Waals surface area contributed by atoms with Crippen LogP contribution in [0, 0.1) is 12.3 Å². The van der Waals surface area contributed by atoms with Gasteiger partial charge in [-0.1, -0.05) is 45.0 Å². The second-order valence-corrected chi connectivity index (χ2v) is 9.81. The normalized spacial score (nSPS) is 20.2. The molecule has 2 heterocycles. The largest absolute Gasteiger partial charge is 0.392 e. The molecule has 3 atom stereocenters. The van der Waals surface area contributed by atoms with Gasteiger partial charge in [0.05, 0.1) is 24.7 Å². The van der Waals surface area contributed by atoms with Crippen LogP contribution in [0.15, 0.2) is 29.6 Å². The molecule has 4 N–H and O–H groups in total. The molecule has 0 saturated carbocycles. The van der Waals surface area contributed by atoms with Crippen LogP contribution in [-0.2, 0) is 16.1 Å². The second kappa shape index (κ2) is 8.93. The monoisotopic (exact) mass is 430 g/mol. The number of β-amino-alcohol motifs (C(OH)–C–C–N with tert-alkyl or cyclic N) is 1. The van der Waals surface area contributed by atoms with E-state index in [1.165, 1.54) is 4.90 Å². The molecule has 0 unspecified atom stereocenters. The van der Waals surface area contributed by atoms with Gasteiger partial charge in [-0.3, -0.25) is 14.5 Å². The van der Waals surface area contributed by atoms with Crippen LogP contribution in [0.4, 0.5) is 0 Å². The van der Waals surface area contributed by atoms with Gasteiger partial charge in [0.25, 0.3) is 0 Å². The van der Waals surface area contributed by atoms with E-state index in [9.17, 15) is 14.7 Å². The van der Waals surface area contributed by atoms with Gasteiger partial charge in [0.15, 0.2) is 0 Å². The number of hydrogen-bond acceptors (Lipinski definition) is 7. The molecule has 0 radical (unpaired) electrons. The van der Waals surface area contributed by atoms with Gasteiger partial charge in [-0.25, -0.2) is 4.98 Å². The molecule has 1 saturated heterocycles. The van der Waals surface area contributed by atoms with Crippen molar-refractivity contribution in [3.63, 3.8) is 0 Å². The minimum Gasteiger partial charge on any atom is -0.392 e. The molecular formula is C22H30N4O3S. The smallest absolute Gasteiger partial charge is 0.246 e. The minimum absolute atomic E-state index is 0.132. The number of carbonyl (C=O) groups excluding carboxylic acids is 2. The molecule has 2 aromatic rings.